The molecule has 11 heteroatoms. The summed E-state index contributed by atoms with van der Waals surface area (Å²) in [7, 11) is 0. The lowest BCUT2D eigenvalue weighted by atomic mass is 10.0. The standard InChI is InChI=1S/C24H22ClF2N5O2S/c1-11(10-32-13(3)18(25)12(2)31-32)23(34)30-19-17-15(14-7-5-4-6-8-14)9-16(21(26)27)29-24(17)35-20(19)22(28)33/h4-9,11,21H,10H2,1-3H3,(H2,28,33)(H,30,34). The van der Waals surface area contributed by atoms with Gasteiger partial charge in [-0.25, -0.2) is 13.8 Å². The first kappa shape index (κ1) is 24.7. The van der Waals surface area contributed by atoms with Crippen LogP contribution in [0.25, 0.3) is 21.3 Å². The number of halogens is 3. The number of nitrogens with two attached hydrogens (primary N) is 1. The molecule has 0 aliphatic carbocycles. The molecule has 0 saturated heterocycles. The molecule has 0 radical (unpaired) electrons. The molecule has 0 spiro atoms. The molecule has 1 aromatic carbocycles. The third kappa shape index (κ3) is 4.76. The number of nitrogens with one attached hydrogen (secondary N) is 1. The van der Waals surface area contributed by atoms with Crippen LogP contribution in [0, 0.1) is 19.8 Å². The zero-order valence-corrected chi connectivity index (χ0v) is 20.7. The lowest BCUT2D eigenvalue weighted by Crippen LogP contribution is -2.26. The summed E-state index contributed by atoms with van der Waals surface area (Å²) < 4.78 is 28.9. The van der Waals surface area contributed by atoms with Gasteiger partial charge in [0.25, 0.3) is 12.3 Å². The Morgan fingerprint density at radius 3 is 2.49 bits per heavy atom. The van der Waals surface area contributed by atoms with Crippen LogP contribution < -0.4 is 11.1 Å². The molecule has 3 N–H and O–H groups in total. The highest BCUT2D eigenvalue weighted by Gasteiger charge is 2.26. The molecule has 3 heterocycles. The largest absolute Gasteiger partial charge is 0.365 e. The average molecular weight is 518 g/mol. The number of anilines is 1. The third-order valence-corrected chi connectivity index (χ3v) is 7.29. The van der Waals surface area contributed by atoms with E-state index in [4.69, 9.17) is 17.3 Å². The van der Waals surface area contributed by atoms with Crippen molar-refractivity contribution in [1.82, 2.24) is 14.8 Å². The fourth-order valence-corrected chi connectivity index (χ4v) is 4.96. The van der Waals surface area contributed by atoms with Crippen LogP contribution in [0.5, 0.6) is 0 Å². The molecule has 35 heavy (non-hydrogen) atoms. The van der Waals surface area contributed by atoms with E-state index in [-0.39, 0.29) is 21.9 Å². The molecule has 1 atom stereocenters. The average Bonchev–Trinajstić information content (AvgIpc) is 3.31. The van der Waals surface area contributed by atoms with Crippen LogP contribution in [0.3, 0.4) is 0 Å². The summed E-state index contributed by atoms with van der Waals surface area (Å²) in [5.74, 6) is -1.75. The third-order valence-electron chi connectivity index (χ3n) is 5.65. The number of alkyl halides is 2. The number of thiophene rings is 1. The van der Waals surface area contributed by atoms with Gasteiger partial charge in [-0.05, 0) is 31.0 Å². The van der Waals surface area contributed by atoms with Crippen molar-refractivity contribution in [2.75, 3.05) is 5.32 Å². The van der Waals surface area contributed by atoms with Gasteiger partial charge in [0, 0.05) is 5.39 Å². The topological polar surface area (TPSA) is 103 Å². The van der Waals surface area contributed by atoms with Gasteiger partial charge in [-0.2, -0.15) is 5.10 Å². The minimum absolute atomic E-state index is 0.0332. The molecule has 0 aliphatic rings. The number of primary amides is 1. The van der Waals surface area contributed by atoms with Crippen molar-refractivity contribution < 1.29 is 18.4 Å². The number of aromatic nitrogens is 3. The Hall–Kier alpha value is -3.37. The molecule has 182 valence electrons. The second-order valence-electron chi connectivity index (χ2n) is 8.17. The number of carbonyl (C=O) groups excluding carboxylic acids is 2. The van der Waals surface area contributed by atoms with Crippen molar-refractivity contribution >= 4 is 50.7 Å². The Labute approximate surface area is 208 Å². The number of aryl methyl sites for hydroxylation is 1. The SMILES string of the molecule is Cc1nn(CC(C)C(=O)Nc2c(C(N)=O)sc3nc(C(F)F)cc(-c4ccccc4)c23)c(C)c1Cl. The molecular formula is C24H22ClF2N5O2S. The Morgan fingerprint density at radius 1 is 1.23 bits per heavy atom. The number of pyridine rings is 1. The van der Waals surface area contributed by atoms with Crippen molar-refractivity contribution in [3.8, 4) is 11.1 Å². The van der Waals surface area contributed by atoms with Gasteiger partial charge >= 0.3 is 0 Å². The van der Waals surface area contributed by atoms with Crippen LogP contribution in [0.4, 0.5) is 14.5 Å². The van der Waals surface area contributed by atoms with Crippen molar-refractivity contribution in [3.05, 3.63) is 63.4 Å². The monoisotopic (exact) mass is 517 g/mol. The van der Waals surface area contributed by atoms with Gasteiger partial charge in [-0.1, -0.05) is 48.9 Å². The highest BCUT2D eigenvalue weighted by atomic mass is 35.5. The lowest BCUT2D eigenvalue weighted by molar-refractivity contribution is -0.119. The molecule has 1 unspecified atom stereocenters. The zero-order valence-electron chi connectivity index (χ0n) is 19.1. The highest BCUT2D eigenvalue weighted by Crippen LogP contribution is 2.42. The molecule has 0 saturated carbocycles. The Morgan fingerprint density at radius 2 is 1.91 bits per heavy atom. The van der Waals surface area contributed by atoms with E-state index in [1.54, 1.807) is 48.9 Å². The van der Waals surface area contributed by atoms with Gasteiger partial charge in [0.05, 0.1) is 34.6 Å². The Kier molecular flexibility index (Phi) is 6.86. The summed E-state index contributed by atoms with van der Waals surface area (Å²) in [5, 5.41) is 8.08. The first-order valence-corrected chi connectivity index (χ1v) is 11.9. The first-order valence-electron chi connectivity index (χ1n) is 10.7. The van der Waals surface area contributed by atoms with E-state index >= 15 is 0 Å². The normalized spacial score (nSPS) is 12.3. The van der Waals surface area contributed by atoms with Gasteiger partial charge < -0.3 is 11.1 Å². The van der Waals surface area contributed by atoms with Gasteiger partial charge in [0.15, 0.2) is 0 Å². The summed E-state index contributed by atoms with van der Waals surface area (Å²) in [6.07, 6.45) is -2.81. The molecule has 0 fully saturated rings. The van der Waals surface area contributed by atoms with Crippen LogP contribution in [-0.2, 0) is 11.3 Å². The van der Waals surface area contributed by atoms with Gasteiger partial charge in [-0.3, -0.25) is 14.3 Å². The van der Waals surface area contributed by atoms with Crippen molar-refractivity contribution in [2.24, 2.45) is 11.7 Å². The van der Waals surface area contributed by atoms with Crippen molar-refractivity contribution in [2.45, 2.75) is 33.7 Å². The van der Waals surface area contributed by atoms with E-state index in [2.05, 4.69) is 15.4 Å². The fourth-order valence-electron chi connectivity index (χ4n) is 3.81. The van der Waals surface area contributed by atoms with Crippen LogP contribution >= 0.6 is 22.9 Å². The number of amides is 2. The predicted molar refractivity (Wildman–Crippen MR) is 133 cm³/mol. The van der Waals surface area contributed by atoms with Crippen LogP contribution in [0.15, 0.2) is 36.4 Å². The second kappa shape index (κ2) is 9.71. The van der Waals surface area contributed by atoms with E-state index in [0.29, 0.717) is 27.2 Å². The number of rotatable bonds is 7. The number of hydrogen-bond donors (Lipinski definition) is 2. The van der Waals surface area contributed by atoms with Gasteiger partial charge in [0.1, 0.15) is 15.4 Å². The van der Waals surface area contributed by atoms with Crippen LogP contribution in [0.1, 0.15) is 40.1 Å². The van der Waals surface area contributed by atoms with Gasteiger partial charge in [0.2, 0.25) is 5.91 Å². The molecular weight excluding hydrogens is 496 g/mol. The maximum Gasteiger partial charge on any atom is 0.280 e. The summed E-state index contributed by atoms with van der Waals surface area (Å²) in [6, 6.07) is 10.1. The summed E-state index contributed by atoms with van der Waals surface area (Å²) in [6.45, 7) is 5.55. The lowest BCUT2D eigenvalue weighted by Gasteiger charge is -2.15. The predicted octanol–water partition coefficient (Wildman–Crippen LogP) is 5.74. The number of benzene rings is 1. The Balaban J connectivity index is 1.80. The second-order valence-corrected chi connectivity index (χ2v) is 9.55. The smallest absolute Gasteiger partial charge is 0.280 e. The minimum atomic E-state index is -2.81. The quantitative estimate of drug-likeness (QED) is 0.326. The van der Waals surface area contributed by atoms with E-state index < -0.39 is 29.9 Å². The summed E-state index contributed by atoms with van der Waals surface area (Å²) >= 11 is 7.08. The first-order chi connectivity index (χ1) is 16.6. The number of carbonyl (C=O) groups is 2. The van der Waals surface area contributed by atoms with Gasteiger partial charge in [-0.15, -0.1) is 11.3 Å². The minimum Gasteiger partial charge on any atom is -0.365 e. The van der Waals surface area contributed by atoms with E-state index in [1.165, 1.54) is 6.07 Å². The maximum absolute atomic E-state index is 13.6. The molecule has 2 amide bonds. The molecule has 4 rings (SSSR count). The highest BCUT2D eigenvalue weighted by molar-refractivity contribution is 7.21. The van der Waals surface area contributed by atoms with Crippen molar-refractivity contribution in [1.29, 1.82) is 0 Å². The molecule has 3 aromatic heterocycles. The van der Waals surface area contributed by atoms with Crippen LogP contribution in [-0.4, -0.2) is 26.6 Å². The summed E-state index contributed by atoms with van der Waals surface area (Å²) in [5.41, 5.74) is 7.77. The summed E-state index contributed by atoms with van der Waals surface area (Å²) in [4.78, 5) is 29.7. The molecule has 4 aromatic rings. The molecule has 7 nitrogen and oxygen atoms in total. The zero-order chi connectivity index (χ0) is 25.4. The van der Waals surface area contributed by atoms with E-state index in [0.717, 1.165) is 17.0 Å². The molecule has 0 bridgehead atoms. The fraction of sp³-hybridized carbons (Fsp3) is 0.250. The maximum atomic E-state index is 13.6. The van der Waals surface area contributed by atoms with E-state index in [1.807, 2.05) is 6.92 Å². The van der Waals surface area contributed by atoms with E-state index in [9.17, 15) is 18.4 Å². The Bertz CT molecular complexity index is 1440. The molecule has 0 aliphatic heterocycles. The number of nitrogens with zero attached hydrogens (tertiary/aromatic N) is 3. The number of fused-ring (bicyclic) bond motifs is 1. The number of hydrogen-bond acceptors (Lipinski definition) is 5. The van der Waals surface area contributed by atoms with Crippen molar-refractivity contribution in [3.63, 3.8) is 0 Å². The van der Waals surface area contributed by atoms with Crippen LogP contribution in [0.2, 0.25) is 5.02 Å².